The molecule has 0 bridgehead atoms. The van der Waals surface area contributed by atoms with Gasteiger partial charge in [-0.05, 0) is 32.1 Å². The standard InChI is InChI=1S/C32H60O10/c1-2-3-4-5-6-7-8-9-10-11-12-13-14-15-16-17-30(36)40-25-24-37-26-28(38-21-18-33)32-31(41-23-20-35)29(27-42-32)39-22-19-34/h9-10,28-29,31-35H,2-8,11-27H2,1H3/b10-9-/t28-,29-,31-,32+/m1/s1. The van der Waals surface area contributed by atoms with Gasteiger partial charge in [-0.25, -0.2) is 0 Å². The summed E-state index contributed by atoms with van der Waals surface area (Å²) >= 11 is 0. The van der Waals surface area contributed by atoms with Crippen molar-refractivity contribution in [1.82, 2.24) is 0 Å². The van der Waals surface area contributed by atoms with Gasteiger partial charge in [0, 0.05) is 6.42 Å². The fourth-order valence-corrected chi connectivity index (χ4v) is 4.93. The summed E-state index contributed by atoms with van der Waals surface area (Å²) in [6.45, 7) is 2.87. The first-order valence-corrected chi connectivity index (χ1v) is 16.3. The Kier molecular flexibility index (Phi) is 26.5. The number of hydrogen-bond donors (Lipinski definition) is 3. The third kappa shape index (κ3) is 20.0. The van der Waals surface area contributed by atoms with E-state index in [1.165, 1.54) is 57.8 Å². The van der Waals surface area contributed by atoms with Crippen LogP contribution < -0.4 is 0 Å². The zero-order valence-corrected chi connectivity index (χ0v) is 26.1. The predicted molar refractivity (Wildman–Crippen MR) is 161 cm³/mol. The van der Waals surface area contributed by atoms with E-state index in [0.717, 1.165) is 25.7 Å². The van der Waals surface area contributed by atoms with Gasteiger partial charge in [-0.3, -0.25) is 4.79 Å². The third-order valence-corrected chi connectivity index (χ3v) is 7.17. The Bertz CT molecular complexity index is 632. The number of allylic oxidation sites excluding steroid dienone is 2. The minimum absolute atomic E-state index is 0.0910. The van der Waals surface area contributed by atoms with E-state index in [1.807, 2.05) is 0 Å². The van der Waals surface area contributed by atoms with E-state index < -0.39 is 24.4 Å². The number of carbonyl (C=O) groups excluding carboxylic acids is 1. The summed E-state index contributed by atoms with van der Waals surface area (Å²) in [5, 5.41) is 27.5. The largest absolute Gasteiger partial charge is 0.463 e. The Hall–Kier alpha value is -1.11. The second-order valence-corrected chi connectivity index (χ2v) is 10.8. The highest BCUT2D eigenvalue weighted by molar-refractivity contribution is 5.69. The van der Waals surface area contributed by atoms with Crippen LogP contribution in [0, 0.1) is 0 Å². The number of hydrogen-bond acceptors (Lipinski definition) is 10. The second kappa shape index (κ2) is 28.6. The van der Waals surface area contributed by atoms with Crippen LogP contribution in [0.4, 0.5) is 0 Å². The highest BCUT2D eigenvalue weighted by atomic mass is 16.6. The molecule has 3 N–H and O–H groups in total. The number of esters is 1. The van der Waals surface area contributed by atoms with Crippen molar-refractivity contribution in [2.45, 2.75) is 121 Å². The van der Waals surface area contributed by atoms with Gasteiger partial charge in [0.1, 0.15) is 31.0 Å². The first-order chi connectivity index (χ1) is 20.7. The highest BCUT2D eigenvalue weighted by Gasteiger charge is 2.44. The molecule has 0 spiro atoms. The molecule has 1 heterocycles. The van der Waals surface area contributed by atoms with Crippen LogP contribution in [-0.4, -0.2) is 112 Å². The van der Waals surface area contributed by atoms with Gasteiger partial charge < -0.3 is 43.7 Å². The maximum absolute atomic E-state index is 12.1. The summed E-state index contributed by atoms with van der Waals surface area (Å²) in [4.78, 5) is 12.1. The lowest BCUT2D eigenvalue weighted by Crippen LogP contribution is -2.45. The molecule has 1 aliphatic rings. The van der Waals surface area contributed by atoms with Gasteiger partial charge in [-0.15, -0.1) is 0 Å². The summed E-state index contributed by atoms with van der Waals surface area (Å²) in [5.41, 5.74) is 0. The molecular weight excluding hydrogens is 544 g/mol. The summed E-state index contributed by atoms with van der Waals surface area (Å²) in [6, 6.07) is 0. The molecule has 0 aromatic rings. The minimum atomic E-state index is -0.560. The molecule has 0 unspecified atom stereocenters. The van der Waals surface area contributed by atoms with E-state index >= 15 is 0 Å². The Morgan fingerprint density at radius 2 is 1.40 bits per heavy atom. The van der Waals surface area contributed by atoms with Gasteiger partial charge in [0.2, 0.25) is 0 Å². The molecule has 0 aromatic carbocycles. The Morgan fingerprint density at radius 1 is 0.786 bits per heavy atom. The molecular formula is C32H60O10. The first kappa shape index (κ1) is 38.9. The number of carbonyl (C=O) groups is 1. The van der Waals surface area contributed by atoms with Crippen molar-refractivity contribution >= 4 is 5.97 Å². The topological polar surface area (TPSA) is 133 Å². The molecule has 4 atom stereocenters. The molecule has 10 nitrogen and oxygen atoms in total. The molecule has 0 aromatic heterocycles. The quantitative estimate of drug-likeness (QED) is 0.0625. The zero-order valence-electron chi connectivity index (χ0n) is 26.1. The lowest BCUT2D eigenvalue weighted by molar-refractivity contribution is -0.149. The summed E-state index contributed by atoms with van der Waals surface area (Å²) in [6.07, 6.45) is 18.8. The van der Waals surface area contributed by atoms with Crippen LogP contribution in [0.25, 0.3) is 0 Å². The second-order valence-electron chi connectivity index (χ2n) is 10.8. The fourth-order valence-electron chi connectivity index (χ4n) is 4.93. The van der Waals surface area contributed by atoms with Gasteiger partial charge in [-0.1, -0.05) is 70.4 Å². The maximum Gasteiger partial charge on any atom is 0.305 e. The Morgan fingerprint density at radius 3 is 2.07 bits per heavy atom. The summed E-state index contributed by atoms with van der Waals surface area (Å²) in [5.74, 6) is -0.218. The maximum atomic E-state index is 12.1. The van der Waals surface area contributed by atoms with E-state index in [9.17, 15) is 15.0 Å². The summed E-state index contributed by atoms with van der Waals surface area (Å²) < 4.78 is 34.0. The van der Waals surface area contributed by atoms with Crippen molar-refractivity contribution in [2.75, 3.05) is 66.1 Å². The highest BCUT2D eigenvalue weighted by Crippen LogP contribution is 2.25. The number of aliphatic hydroxyl groups excluding tert-OH is 3. The lowest BCUT2D eigenvalue weighted by atomic mass is 10.1. The number of unbranched alkanes of at least 4 members (excludes halogenated alkanes) is 11. The van der Waals surface area contributed by atoms with Gasteiger partial charge in [0.05, 0.1) is 59.5 Å². The number of rotatable bonds is 30. The molecule has 248 valence electrons. The SMILES string of the molecule is CCCCCCCC/C=C\CCCCCCCC(=O)OCCOC[C@@H](OCCO)[C@@H]1OC[C@@H](OCCO)[C@H]1OCCO. The number of ether oxygens (including phenoxy) is 6. The smallest absolute Gasteiger partial charge is 0.305 e. The van der Waals surface area contributed by atoms with Gasteiger partial charge in [0.25, 0.3) is 0 Å². The zero-order chi connectivity index (χ0) is 30.5. The summed E-state index contributed by atoms with van der Waals surface area (Å²) in [7, 11) is 0. The van der Waals surface area contributed by atoms with Crippen LogP contribution in [0.3, 0.4) is 0 Å². The van der Waals surface area contributed by atoms with Crippen molar-refractivity contribution in [3.63, 3.8) is 0 Å². The lowest BCUT2D eigenvalue weighted by Gasteiger charge is -2.29. The Labute approximate surface area is 254 Å². The van der Waals surface area contributed by atoms with E-state index in [-0.39, 0.29) is 72.0 Å². The molecule has 0 amide bonds. The van der Waals surface area contributed by atoms with Gasteiger partial charge >= 0.3 is 5.97 Å². The molecule has 0 radical (unpaired) electrons. The third-order valence-electron chi connectivity index (χ3n) is 7.17. The molecule has 0 saturated carbocycles. The molecule has 10 heteroatoms. The van der Waals surface area contributed by atoms with Crippen molar-refractivity contribution in [1.29, 1.82) is 0 Å². The van der Waals surface area contributed by atoms with Crippen LogP contribution in [0.15, 0.2) is 12.2 Å². The van der Waals surface area contributed by atoms with Crippen LogP contribution in [0.2, 0.25) is 0 Å². The van der Waals surface area contributed by atoms with Crippen molar-refractivity contribution in [3.05, 3.63) is 12.2 Å². The molecule has 42 heavy (non-hydrogen) atoms. The van der Waals surface area contributed by atoms with Crippen molar-refractivity contribution in [3.8, 4) is 0 Å². The van der Waals surface area contributed by atoms with Crippen LogP contribution in [0.5, 0.6) is 0 Å². The molecule has 1 aliphatic heterocycles. The average Bonchev–Trinajstić information content (AvgIpc) is 3.40. The number of aliphatic hydroxyl groups is 3. The average molecular weight is 605 g/mol. The molecule has 0 aliphatic carbocycles. The first-order valence-electron chi connectivity index (χ1n) is 16.3. The van der Waals surface area contributed by atoms with E-state index in [1.54, 1.807) is 0 Å². The fraction of sp³-hybridized carbons (Fsp3) is 0.906. The van der Waals surface area contributed by atoms with Gasteiger partial charge in [0.15, 0.2) is 0 Å². The molecule has 1 saturated heterocycles. The Balaban J connectivity index is 2.13. The van der Waals surface area contributed by atoms with Crippen LogP contribution in [0.1, 0.15) is 96.8 Å². The van der Waals surface area contributed by atoms with Crippen molar-refractivity contribution in [2.24, 2.45) is 0 Å². The predicted octanol–water partition coefficient (Wildman–Crippen LogP) is 4.12. The molecule has 1 fully saturated rings. The van der Waals surface area contributed by atoms with Gasteiger partial charge in [-0.2, -0.15) is 0 Å². The van der Waals surface area contributed by atoms with E-state index in [2.05, 4.69) is 19.1 Å². The van der Waals surface area contributed by atoms with E-state index in [4.69, 9.17) is 33.5 Å². The monoisotopic (exact) mass is 604 g/mol. The van der Waals surface area contributed by atoms with Crippen LogP contribution >= 0.6 is 0 Å². The van der Waals surface area contributed by atoms with Crippen molar-refractivity contribution < 1.29 is 48.5 Å². The normalized spacial score (nSPS) is 19.6. The van der Waals surface area contributed by atoms with Crippen LogP contribution in [-0.2, 0) is 33.2 Å². The minimum Gasteiger partial charge on any atom is -0.463 e. The molecule has 1 rings (SSSR count). The van der Waals surface area contributed by atoms with E-state index in [0.29, 0.717) is 6.42 Å².